The maximum absolute atomic E-state index is 14.1. The molecule has 0 saturated heterocycles. The van der Waals surface area contributed by atoms with Crippen molar-refractivity contribution in [2.24, 2.45) is 0 Å². The van der Waals surface area contributed by atoms with Crippen molar-refractivity contribution in [1.82, 2.24) is 0 Å². The van der Waals surface area contributed by atoms with E-state index in [1.165, 1.54) is 18.2 Å². The lowest BCUT2D eigenvalue weighted by molar-refractivity contribution is 0.558. The van der Waals surface area contributed by atoms with Gasteiger partial charge in [-0.2, -0.15) is 0 Å². The number of rotatable bonds is 2. The minimum Gasteiger partial charge on any atom is -0.453 e. The lowest BCUT2D eigenvalue weighted by atomic mass is 10.0. The van der Waals surface area contributed by atoms with Crippen LogP contribution in [0.4, 0.5) is 8.78 Å². The Bertz CT molecular complexity index is 969. The second-order valence-electron chi connectivity index (χ2n) is 4.56. The van der Waals surface area contributed by atoms with Gasteiger partial charge in [0.25, 0.3) is 0 Å². The quantitative estimate of drug-likeness (QED) is 0.483. The summed E-state index contributed by atoms with van der Waals surface area (Å²) in [6.45, 7) is 14.6. The summed E-state index contributed by atoms with van der Waals surface area (Å²) in [5.74, 6) is -1.69. The third kappa shape index (κ3) is 3.68. The Balaban J connectivity index is 0.000000730. The molecular weight excluding hydrogens is 322 g/mol. The van der Waals surface area contributed by atoms with Crippen LogP contribution in [-0.4, -0.2) is 0 Å². The van der Waals surface area contributed by atoms with Crippen LogP contribution >= 0.6 is 0 Å². The summed E-state index contributed by atoms with van der Waals surface area (Å²) in [6.07, 6.45) is 1.19. The van der Waals surface area contributed by atoms with Crippen molar-refractivity contribution in [3.05, 3.63) is 70.9 Å². The Morgan fingerprint density at radius 3 is 2.28 bits per heavy atom. The lowest BCUT2D eigenvalue weighted by Crippen LogP contribution is -2.09. The predicted molar refractivity (Wildman–Crippen MR) is 103 cm³/mol. The van der Waals surface area contributed by atoms with Crippen molar-refractivity contribution in [2.45, 2.75) is 27.7 Å². The van der Waals surface area contributed by atoms with Gasteiger partial charge in [0, 0.05) is 5.39 Å². The Labute approximate surface area is 146 Å². The molecule has 1 aromatic heterocycles. The van der Waals surface area contributed by atoms with Gasteiger partial charge in [0.1, 0.15) is 11.4 Å². The molecule has 2 nitrogen and oxygen atoms in total. The SMILES string of the molecule is C=Cc1c(C(=C)F)oc2ccc3cccc(F)c3c2c1=O.CC.CC. The van der Waals surface area contributed by atoms with Crippen molar-refractivity contribution >= 4 is 33.6 Å². The molecule has 0 aliphatic rings. The number of benzene rings is 2. The van der Waals surface area contributed by atoms with Gasteiger partial charge in [0.05, 0.1) is 10.9 Å². The minimum absolute atomic E-state index is 0.0641. The van der Waals surface area contributed by atoms with E-state index < -0.39 is 17.1 Å². The maximum Gasteiger partial charge on any atom is 0.201 e. The van der Waals surface area contributed by atoms with Gasteiger partial charge in [-0.15, -0.1) is 0 Å². The third-order valence-electron chi connectivity index (χ3n) is 3.34. The van der Waals surface area contributed by atoms with Crippen LogP contribution < -0.4 is 5.43 Å². The monoisotopic (exact) mass is 344 g/mol. The average molecular weight is 344 g/mol. The van der Waals surface area contributed by atoms with Gasteiger partial charge in [0.15, 0.2) is 11.6 Å². The van der Waals surface area contributed by atoms with Gasteiger partial charge in [-0.1, -0.05) is 65.1 Å². The summed E-state index contributed by atoms with van der Waals surface area (Å²) >= 11 is 0. The molecular formula is C21H22F2O2. The number of hydrogen-bond donors (Lipinski definition) is 0. The summed E-state index contributed by atoms with van der Waals surface area (Å²) < 4.78 is 32.9. The fourth-order valence-electron chi connectivity index (χ4n) is 2.42. The molecule has 0 N–H and O–H groups in total. The Morgan fingerprint density at radius 2 is 1.72 bits per heavy atom. The first kappa shape index (κ1) is 20.3. The summed E-state index contributed by atoms with van der Waals surface area (Å²) in [5, 5.41) is 0.796. The Hall–Kier alpha value is -2.75. The first-order chi connectivity index (χ1) is 12.0. The highest BCUT2D eigenvalue weighted by Gasteiger charge is 2.17. The van der Waals surface area contributed by atoms with Gasteiger partial charge in [-0.25, -0.2) is 8.78 Å². The van der Waals surface area contributed by atoms with E-state index in [2.05, 4.69) is 13.2 Å². The van der Waals surface area contributed by atoms with E-state index in [9.17, 15) is 13.6 Å². The number of halogens is 2. The van der Waals surface area contributed by atoms with Crippen molar-refractivity contribution in [2.75, 3.05) is 0 Å². The Kier molecular flexibility index (Phi) is 7.24. The predicted octanol–water partition coefficient (Wildman–Crippen LogP) is 6.72. The van der Waals surface area contributed by atoms with Crippen LogP contribution in [0.2, 0.25) is 0 Å². The van der Waals surface area contributed by atoms with Gasteiger partial charge in [-0.3, -0.25) is 4.79 Å². The highest BCUT2D eigenvalue weighted by Crippen LogP contribution is 2.29. The molecule has 0 aliphatic carbocycles. The summed E-state index contributed by atoms with van der Waals surface area (Å²) in [5.41, 5.74) is -0.487. The van der Waals surface area contributed by atoms with Crippen LogP contribution in [0.25, 0.3) is 33.6 Å². The zero-order valence-electron chi connectivity index (χ0n) is 15.0. The van der Waals surface area contributed by atoms with Gasteiger partial charge < -0.3 is 4.42 Å². The van der Waals surface area contributed by atoms with Crippen LogP contribution in [-0.2, 0) is 0 Å². The lowest BCUT2D eigenvalue weighted by Gasteiger charge is -2.08. The average Bonchev–Trinajstić information content (AvgIpc) is 2.64. The molecule has 132 valence electrons. The number of fused-ring (bicyclic) bond motifs is 3. The van der Waals surface area contributed by atoms with E-state index in [4.69, 9.17) is 4.42 Å². The van der Waals surface area contributed by atoms with Gasteiger partial charge >= 0.3 is 0 Å². The zero-order valence-corrected chi connectivity index (χ0v) is 15.0. The zero-order chi connectivity index (χ0) is 19.1. The minimum atomic E-state index is -0.877. The first-order valence-corrected chi connectivity index (χ1v) is 8.20. The molecule has 1 heterocycles. The third-order valence-corrected chi connectivity index (χ3v) is 3.34. The van der Waals surface area contributed by atoms with Crippen molar-refractivity contribution < 1.29 is 13.2 Å². The molecule has 3 rings (SSSR count). The van der Waals surface area contributed by atoms with Crippen LogP contribution in [0.1, 0.15) is 39.0 Å². The normalized spacial score (nSPS) is 9.68. The largest absolute Gasteiger partial charge is 0.453 e. The molecule has 0 bridgehead atoms. The maximum atomic E-state index is 14.1. The summed E-state index contributed by atoms with van der Waals surface area (Å²) in [4.78, 5) is 12.5. The van der Waals surface area contributed by atoms with Gasteiger partial charge in [0.2, 0.25) is 5.43 Å². The Morgan fingerprint density at radius 1 is 1.08 bits per heavy atom. The molecule has 2 aromatic carbocycles. The van der Waals surface area contributed by atoms with E-state index in [0.29, 0.717) is 5.39 Å². The topological polar surface area (TPSA) is 30.2 Å². The summed E-state index contributed by atoms with van der Waals surface area (Å²) in [7, 11) is 0. The molecule has 0 atom stereocenters. The number of hydrogen-bond acceptors (Lipinski definition) is 2. The molecule has 0 aliphatic heterocycles. The van der Waals surface area contributed by atoms with Crippen LogP contribution in [0.15, 0.2) is 52.7 Å². The van der Waals surface area contributed by atoms with Crippen molar-refractivity contribution in [1.29, 1.82) is 0 Å². The summed E-state index contributed by atoms with van der Waals surface area (Å²) in [6, 6.07) is 7.63. The van der Waals surface area contributed by atoms with Crippen LogP contribution in [0, 0.1) is 5.82 Å². The molecule has 0 amide bonds. The van der Waals surface area contributed by atoms with Crippen molar-refractivity contribution in [3.8, 4) is 0 Å². The molecule has 0 spiro atoms. The highest BCUT2D eigenvalue weighted by atomic mass is 19.1. The highest BCUT2D eigenvalue weighted by molar-refractivity contribution is 6.06. The molecule has 0 radical (unpaired) electrons. The fraction of sp³-hybridized carbons (Fsp3) is 0.190. The molecule has 4 heteroatoms. The fourth-order valence-corrected chi connectivity index (χ4v) is 2.42. The van der Waals surface area contributed by atoms with E-state index in [1.807, 2.05) is 27.7 Å². The van der Waals surface area contributed by atoms with E-state index in [1.54, 1.807) is 18.2 Å². The molecule has 25 heavy (non-hydrogen) atoms. The smallest absolute Gasteiger partial charge is 0.201 e. The van der Waals surface area contributed by atoms with Gasteiger partial charge in [-0.05, 0) is 17.5 Å². The van der Waals surface area contributed by atoms with Crippen molar-refractivity contribution in [3.63, 3.8) is 0 Å². The second kappa shape index (κ2) is 8.92. The standard InChI is InChI=1S/C17H10F2O2.2C2H6/c1-3-11-16(20)15-13(21-17(11)9(2)18)8-7-10-5-4-6-12(19)14(10)15;2*1-2/h3-8H,1-2H2;2*1-2H3. The van der Waals surface area contributed by atoms with Crippen LogP contribution in [0.3, 0.4) is 0 Å². The molecule has 3 aromatic rings. The van der Waals surface area contributed by atoms with Crippen LogP contribution in [0.5, 0.6) is 0 Å². The first-order valence-electron chi connectivity index (χ1n) is 8.20. The molecule has 0 fully saturated rings. The molecule has 0 unspecified atom stereocenters. The molecule has 0 saturated carbocycles. The van der Waals surface area contributed by atoms with E-state index in [0.717, 1.165) is 0 Å². The van der Waals surface area contributed by atoms with E-state index in [-0.39, 0.29) is 27.7 Å². The second-order valence-corrected chi connectivity index (χ2v) is 4.56. The van der Waals surface area contributed by atoms with E-state index >= 15 is 0 Å².